The summed E-state index contributed by atoms with van der Waals surface area (Å²) in [5, 5.41) is 6.76. The van der Waals surface area contributed by atoms with E-state index in [2.05, 4.69) is 35.9 Å². The van der Waals surface area contributed by atoms with Gasteiger partial charge in [0.05, 0.1) is 13.5 Å². The van der Waals surface area contributed by atoms with Gasteiger partial charge in [0.1, 0.15) is 5.82 Å². The van der Waals surface area contributed by atoms with Crippen molar-refractivity contribution in [1.29, 1.82) is 0 Å². The number of aromatic nitrogens is 2. The molecule has 6 nitrogen and oxygen atoms in total. The number of aryl methyl sites for hydroxylation is 1. The highest BCUT2D eigenvalue weighted by molar-refractivity contribution is 5.93. The number of anilines is 1. The number of benzene rings is 1. The van der Waals surface area contributed by atoms with Crippen LogP contribution in [0.3, 0.4) is 0 Å². The van der Waals surface area contributed by atoms with E-state index >= 15 is 0 Å². The van der Waals surface area contributed by atoms with Gasteiger partial charge in [-0.05, 0) is 16.5 Å². The van der Waals surface area contributed by atoms with E-state index in [1.807, 2.05) is 24.3 Å². The van der Waals surface area contributed by atoms with Crippen LogP contribution in [0.4, 0.5) is 5.82 Å². The van der Waals surface area contributed by atoms with E-state index < -0.39 is 5.97 Å². The summed E-state index contributed by atoms with van der Waals surface area (Å²) in [5.41, 5.74) is 2.39. The van der Waals surface area contributed by atoms with Crippen LogP contribution in [0.5, 0.6) is 0 Å². The van der Waals surface area contributed by atoms with Crippen LogP contribution in [0.15, 0.2) is 30.3 Å². The highest BCUT2D eigenvalue weighted by Crippen LogP contribution is 2.22. The zero-order valence-electron chi connectivity index (χ0n) is 14.7. The van der Waals surface area contributed by atoms with Crippen molar-refractivity contribution in [3.05, 3.63) is 47.2 Å². The molecule has 2 rings (SSSR count). The highest BCUT2D eigenvalue weighted by Gasteiger charge is 2.16. The lowest BCUT2D eigenvalue weighted by Crippen LogP contribution is -2.17. The molecule has 0 saturated carbocycles. The fraction of sp³-hybridized carbons (Fsp3) is 0.389. The maximum Gasteiger partial charge on any atom is 0.358 e. The fourth-order valence-corrected chi connectivity index (χ4v) is 2.28. The molecular formula is C18H23N3O3. The number of nitrogens with zero attached hydrogens (tertiary/aromatic N) is 2. The number of nitrogens with one attached hydrogen (secondary N) is 1. The number of amides is 1. The van der Waals surface area contributed by atoms with Crippen molar-refractivity contribution in [2.24, 2.45) is 7.05 Å². The van der Waals surface area contributed by atoms with Gasteiger partial charge >= 0.3 is 5.97 Å². The van der Waals surface area contributed by atoms with Crippen molar-refractivity contribution >= 4 is 17.7 Å². The van der Waals surface area contributed by atoms with Gasteiger partial charge < -0.3 is 10.1 Å². The maximum atomic E-state index is 12.2. The Labute approximate surface area is 141 Å². The Morgan fingerprint density at radius 3 is 2.38 bits per heavy atom. The maximum absolute atomic E-state index is 12.2. The first kappa shape index (κ1) is 17.7. The summed E-state index contributed by atoms with van der Waals surface area (Å²) in [6.45, 7) is 6.45. The molecular weight excluding hydrogens is 306 g/mol. The number of ether oxygens (including phenoxy) is 1. The lowest BCUT2D eigenvalue weighted by Gasteiger charge is -2.19. The Balaban J connectivity index is 2.03. The standard InChI is InChI=1S/C18H23N3O3/c1-18(2,3)13-8-6-12(7-9-13)10-16(22)19-15-11-14(17(23)24-5)20-21(15)4/h6-9,11H,10H2,1-5H3,(H,19,22). The first-order chi connectivity index (χ1) is 11.2. The van der Waals surface area contributed by atoms with Gasteiger partial charge in [-0.3, -0.25) is 9.48 Å². The first-order valence-corrected chi connectivity index (χ1v) is 7.72. The smallest absolute Gasteiger partial charge is 0.358 e. The minimum absolute atomic E-state index is 0.0831. The summed E-state index contributed by atoms with van der Waals surface area (Å²) in [5.74, 6) is -0.256. The second-order valence-electron chi connectivity index (χ2n) is 6.70. The van der Waals surface area contributed by atoms with Gasteiger partial charge in [-0.2, -0.15) is 5.10 Å². The monoisotopic (exact) mass is 329 g/mol. The molecule has 1 amide bonds. The number of methoxy groups -OCH3 is 1. The summed E-state index contributed by atoms with van der Waals surface area (Å²) in [6, 6.07) is 9.50. The van der Waals surface area contributed by atoms with Crippen LogP contribution < -0.4 is 5.32 Å². The topological polar surface area (TPSA) is 73.2 Å². The quantitative estimate of drug-likeness (QED) is 0.875. The SMILES string of the molecule is COC(=O)c1cc(NC(=O)Cc2ccc(C(C)(C)C)cc2)n(C)n1. The molecule has 2 aromatic rings. The fourth-order valence-electron chi connectivity index (χ4n) is 2.28. The molecule has 0 aliphatic heterocycles. The predicted molar refractivity (Wildman–Crippen MR) is 92.0 cm³/mol. The number of hydrogen-bond donors (Lipinski definition) is 1. The first-order valence-electron chi connectivity index (χ1n) is 7.72. The molecule has 0 unspecified atom stereocenters. The molecule has 0 aliphatic carbocycles. The zero-order valence-corrected chi connectivity index (χ0v) is 14.7. The molecule has 0 bridgehead atoms. The number of rotatable bonds is 4. The van der Waals surface area contributed by atoms with Crippen LogP contribution in [-0.4, -0.2) is 28.8 Å². The van der Waals surface area contributed by atoms with Gasteiger partial charge in [0.15, 0.2) is 5.69 Å². The number of carbonyl (C=O) groups excluding carboxylic acids is 2. The Hall–Kier alpha value is -2.63. The van der Waals surface area contributed by atoms with Crippen molar-refractivity contribution in [2.75, 3.05) is 12.4 Å². The van der Waals surface area contributed by atoms with Crippen molar-refractivity contribution in [3.63, 3.8) is 0 Å². The van der Waals surface area contributed by atoms with Crippen molar-refractivity contribution in [1.82, 2.24) is 9.78 Å². The summed E-state index contributed by atoms with van der Waals surface area (Å²) in [4.78, 5) is 23.7. The Morgan fingerprint density at radius 1 is 1.21 bits per heavy atom. The third kappa shape index (κ3) is 4.22. The van der Waals surface area contributed by atoms with Crippen molar-refractivity contribution in [2.45, 2.75) is 32.6 Å². The lowest BCUT2D eigenvalue weighted by molar-refractivity contribution is -0.115. The molecule has 0 saturated heterocycles. The van der Waals surface area contributed by atoms with E-state index in [1.54, 1.807) is 7.05 Å². The summed E-state index contributed by atoms with van der Waals surface area (Å²) in [7, 11) is 2.94. The average molecular weight is 329 g/mol. The average Bonchev–Trinajstić information content (AvgIpc) is 2.87. The molecule has 0 fully saturated rings. The van der Waals surface area contributed by atoms with E-state index in [-0.39, 0.29) is 23.4 Å². The van der Waals surface area contributed by atoms with E-state index in [9.17, 15) is 9.59 Å². The van der Waals surface area contributed by atoms with E-state index in [0.29, 0.717) is 5.82 Å². The highest BCUT2D eigenvalue weighted by atomic mass is 16.5. The molecule has 0 spiro atoms. The van der Waals surface area contributed by atoms with Gasteiger partial charge in [0, 0.05) is 13.1 Å². The Bertz CT molecular complexity index is 740. The molecule has 0 radical (unpaired) electrons. The second kappa shape index (κ2) is 6.86. The number of carbonyl (C=O) groups is 2. The number of esters is 1. The van der Waals surface area contributed by atoms with Gasteiger partial charge in [-0.25, -0.2) is 4.79 Å². The van der Waals surface area contributed by atoms with E-state index in [0.717, 1.165) is 5.56 Å². The number of hydrogen-bond acceptors (Lipinski definition) is 4. The van der Waals surface area contributed by atoms with Crippen LogP contribution in [0.1, 0.15) is 42.4 Å². The molecule has 128 valence electrons. The molecule has 24 heavy (non-hydrogen) atoms. The molecule has 1 aromatic heterocycles. The van der Waals surface area contributed by atoms with Crippen LogP contribution in [0, 0.1) is 0 Å². The van der Waals surface area contributed by atoms with Crippen LogP contribution in [-0.2, 0) is 28.4 Å². The van der Waals surface area contributed by atoms with E-state index in [1.165, 1.54) is 23.4 Å². The summed E-state index contributed by atoms with van der Waals surface area (Å²) < 4.78 is 6.05. The third-order valence-corrected chi connectivity index (χ3v) is 3.73. The van der Waals surface area contributed by atoms with Gasteiger partial charge in [0.2, 0.25) is 5.91 Å². The molecule has 0 aliphatic rings. The lowest BCUT2D eigenvalue weighted by atomic mass is 9.86. The Morgan fingerprint density at radius 2 is 1.83 bits per heavy atom. The largest absolute Gasteiger partial charge is 0.464 e. The van der Waals surface area contributed by atoms with Crippen molar-refractivity contribution < 1.29 is 14.3 Å². The van der Waals surface area contributed by atoms with Gasteiger partial charge in [-0.1, -0.05) is 45.0 Å². The third-order valence-electron chi connectivity index (χ3n) is 3.73. The second-order valence-corrected chi connectivity index (χ2v) is 6.70. The molecule has 6 heteroatoms. The van der Waals surface area contributed by atoms with Crippen molar-refractivity contribution in [3.8, 4) is 0 Å². The normalized spacial score (nSPS) is 11.2. The van der Waals surface area contributed by atoms with Crippen LogP contribution in [0.25, 0.3) is 0 Å². The van der Waals surface area contributed by atoms with Gasteiger partial charge in [0.25, 0.3) is 0 Å². The van der Waals surface area contributed by atoms with Crippen LogP contribution in [0.2, 0.25) is 0 Å². The van der Waals surface area contributed by atoms with E-state index in [4.69, 9.17) is 0 Å². The summed E-state index contributed by atoms with van der Waals surface area (Å²) in [6.07, 6.45) is 0.253. The molecule has 1 N–H and O–H groups in total. The summed E-state index contributed by atoms with van der Waals surface area (Å²) >= 11 is 0. The van der Waals surface area contributed by atoms with Crippen LogP contribution >= 0.6 is 0 Å². The molecule has 0 atom stereocenters. The molecule has 1 aromatic carbocycles. The Kier molecular flexibility index (Phi) is 5.07. The van der Waals surface area contributed by atoms with Gasteiger partial charge in [-0.15, -0.1) is 0 Å². The zero-order chi connectivity index (χ0) is 17.9. The minimum atomic E-state index is -0.538. The predicted octanol–water partition coefficient (Wildman–Crippen LogP) is 2.69. The molecule has 1 heterocycles. The minimum Gasteiger partial charge on any atom is -0.464 e.